The van der Waals surface area contributed by atoms with Crippen molar-refractivity contribution >= 4 is 0 Å². The van der Waals surface area contributed by atoms with E-state index in [0.29, 0.717) is 39.3 Å². The zero-order valence-corrected chi connectivity index (χ0v) is 35.6. The van der Waals surface area contributed by atoms with E-state index in [-0.39, 0.29) is 0 Å². The van der Waals surface area contributed by atoms with Crippen LogP contribution in [0, 0.1) is 0 Å². The van der Waals surface area contributed by atoms with Crippen LogP contribution in [0.2, 0.25) is 0 Å². The predicted octanol–water partition coefficient (Wildman–Crippen LogP) is 11.7. The van der Waals surface area contributed by atoms with Crippen LogP contribution in [0.3, 0.4) is 0 Å². The summed E-state index contributed by atoms with van der Waals surface area (Å²) in [5, 5.41) is 20.9. The first-order valence-electron chi connectivity index (χ1n) is 22.2. The van der Waals surface area contributed by atoms with Crippen LogP contribution in [-0.4, -0.2) is 80.7 Å². The first-order valence-corrected chi connectivity index (χ1v) is 22.2. The molecule has 0 bridgehead atoms. The number of nitrogens with zero attached hydrogens (tertiary/aromatic N) is 1. The van der Waals surface area contributed by atoms with Crippen molar-refractivity contribution in [2.75, 3.05) is 47.1 Å². The molecule has 0 aromatic heterocycles. The molecule has 1 heterocycles. The van der Waals surface area contributed by atoms with Gasteiger partial charge in [-0.25, -0.2) is 0 Å². The second kappa shape index (κ2) is 35.9. The lowest BCUT2D eigenvalue weighted by Gasteiger charge is -2.20. The van der Waals surface area contributed by atoms with Crippen molar-refractivity contribution in [1.29, 1.82) is 0 Å². The summed E-state index contributed by atoms with van der Waals surface area (Å²) >= 11 is 0. The summed E-state index contributed by atoms with van der Waals surface area (Å²) in [5.74, 6) is -0.179. The summed E-state index contributed by atoms with van der Waals surface area (Å²) in [4.78, 5) is 2.14. The summed E-state index contributed by atoms with van der Waals surface area (Å²) in [5.41, 5.74) is 1.32. The van der Waals surface area contributed by atoms with E-state index >= 15 is 0 Å². The Morgan fingerprint density at radius 2 is 1.33 bits per heavy atom. The summed E-state index contributed by atoms with van der Waals surface area (Å²) < 4.78 is 29.5. The van der Waals surface area contributed by atoms with Gasteiger partial charge in [0.25, 0.3) is 0 Å². The van der Waals surface area contributed by atoms with Gasteiger partial charge in [0.1, 0.15) is 12.4 Å². The van der Waals surface area contributed by atoms with E-state index in [1.807, 2.05) is 12.2 Å². The highest BCUT2D eigenvalue weighted by Crippen LogP contribution is 2.34. The maximum Gasteiger partial charge on any atom is 0.352 e. The molecule has 0 amide bonds. The molecule has 1 fully saturated rings. The number of aliphatic hydroxyl groups excluding tert-OH is 2. The number of unbranched alkanes of at least 4 members (excludes halogenated alkanes) is 17. The van der Waals surface area contributed by atoms with Crippen molar-refractivity contribution in [2.24, 2.45) is 0 Å². The highest BCUT2D eigenvalue weighted by atomic mass is 16.9. The summed E-state index contributed by atoms with van der Waals surface area (Å²) in [7, 11) is 4.12. The van der Waals surface area contributed by atoms with Gasteiger partial charge >= 0.3 is 5.97 Å². The van der Waals surface area contributed by atoms with Gasteiger partial charge in [-0.1, -0.05) is 114 Å². The molecule has 0 radical (unpaired) electrons. The van der Waals surface area contributed by atoms with Crippen LogP contribution >= 0.6 is 0 Å². The first-order chi connectivity index (χ1) is 26.3. The fourth-order valence-corrected chi connectivity index (χ4v) is 6.35. The Balaban J connectivity index is 2.55. The Kier molecular flexibility index (Phi) is 33.5. The van der Waals surface area contributed by atoms with Crippen molar-refractivity contribution in [3.05, 3.63) is 48.3 Å². The van der Waals surface area contributed by atoms with E-state index < -0.39 is 18.6 Å². The van der Waals surface area contributed by atoms with Crippen LogP contribution in [0.4, 0.5) is 0 Å². The molecule has 8 heteroatoms. The molecule has 1 aliphatic rings. The van der Waals surface area contributed by atoms with Crippen molar-refractivity contribution in [2.45, 2.75) is 199 Å². The highest BCUT2D eigenvalue weighted by Gasteiger charge is 2.50. The smallest absolute Gasteiger partial charge is 0.352 e. The van der Waals surface area contributed by atoms with E-state index in [0.717, 1.165) is 102 Å². The monoisotopic (exact) mass is 764 g/mol. The molecule has 0 spiro atoms. The van der Waals surface area contributed by atoms with Crippen LogP contribution in [0.15, 0.2) is 48.3 Å². The number of ether oxygens (including phenoxy) is 5. The van der Waals surface area contributed by atoms with Gasteiger partial charge in [-0.15, -0.1) is 6.58 Å². The van der Waals surface area contributed by atoms with Gasteiger partial charge in [-0.2, -0.15) is 0 Å². The zero-order valence-electron chi connectivity index (χ0n) is 35.6. The molecule has 2 N–H and O–H groups in total. The van der Waals surface area contributed by atoms with E-state index in [9.17, 15) is 10.2 Å². The van der Waals surface area contributed by atoms with Gasteiger partial charge in [0.2, 0.25) is 0 Å². The molecule has 3 atom stereocenters. The lowest BCUT2D eigenvalue weighted by atomic mass is 10.0. The number of rotatable bonds is 41. The number of allylic oxidation sites excluding steroid dienone is 4. The SMILES string of the molecule is C=CCCCCCC/C(=C\CCCCCCC)CC(O)OCC/C(=C\CCCCCC/C=C/COC(O)CCCCCC)OC1(OCCCN(C)C)CO1. The van der Waals surface area contributed by atoms with E-state index in [1.165, 1.54) is 69.8 Å². The minimum Gasteiger partial charge on any atom is -0.442 e. The molecular weight excluding hydrogens is 679 g/mol. The van der Waals surface area contributed by atoms with Crippen molar-refractivity contribution in [1.82, 2.24) is 4.90 Å². The molecule has 54 heavy (non-hydrogen) atoms. The third kappa shape index (κ3) is 31.7. The van der Waals surface area contributed by atoms with E-state index in [1.54, 1.807) is 0 Å². The molecule has 1 saturated heterocycles. The first kappa shape index (κ1) is 50.5. The lowest BCUT2D eigenvalue weighted by molar-refractivity contribution is -0.208. The molecular formula is C46H85NO7. The quantitative estimate of drug-likeness (QED) is 0.0209. The second-order valence-electron chi connectivity index (χ2n) is 15.4. The second-order valence-corrected chi connectivity index (χ2v) is 15.4. The number of hydrogen-bond donors (Lipinski definition) is 2. The van der Waals surface area contributed by atoms with Crippen LogP contribution in [0.25, 0.3) is 0 Å². The molecule has 316 valence electrons. The number of hydrogen-bond acceptors (Lipinski definition) is 8. The molecule has 0 aromatic carbocycles. The molecule has 0 saturated carbocycles. The van der Waals surface area contributed by atoms with Gasteiger partial charge in [-0.3, -0.25) is 0 Å². The Bertz CT molecular complexity index is 945. The number of aliphatic hydroxyl groups is 2. The summed E-state index contributed by atoms with van der Waals surface area (Å²) in [6.07, 6.45) is 37.4. The van der Waals surface area contributed by atoms with E-state index in [2.05, 4.69) is 57.6 Å². The summed E-state index contributed by atoms with van der Waals surface area (Å²) in [6.45, 7) is 11.1. The molecule has 8 nitrogen and oxygen atoms in total. The van der Waals surface area contributed by atoms with Crippen molar-refractivity contribution in [3.8, 4) is 0 Å². The molecule has 1 aliphatic heterocycles. The van der Waals surface area contributed by atoms with Crippen LogP contribution < -0.4 is 0 Å². The van der Waals surface area contributed by atoms with Crippen LogP contribution in [-0.2, 0) is 23.7 Å². The Labute approximate surface area is 332 Å². The fraction of sp³-hybridized carbons (Fsp3) is 0.826. The Morgan fingerprint density at radius 3 is 2.00 bits per heavy atom. The van der Waals surface area contributed by atoms with Gasteiger partial charge in [0.05, 0.1) is 19.8 Å². The van der Waals surface area contributed by atoms with Crippen LogP contribution in [0.5, 0.6) is 0 Å². The third-order valence-corrected chi connectivity index (χ3v) is 9.78. The van der Waals surface area contributed by atoms with Crippen molar-refractivity contribution < 1.29 is 33.9 Å². The number of epoxide rings is 1. The standard InChI is InChI=1S/C46H85NO7/c1-6-9-12-15-21-25-31-42(32-26-22-16-13-10-7-2)40-45(49)51-39-35-43(54-46(41-53-46)52-38-30-36-47(4)5)33-27-23-19-17-18-20-24-29-37-50-44(48)34-28-14-11-8-3/h6,24,29,32-33,44-45,48-49H,1,7-23,25-28,30-31,34-41H2,2-5H3/b29-24+,42-32+,43-33+. The highest BCUT2D eigenvalue weighted by molar-refractivity contribution is 5.03. The Morgan fingerprint density at radius 1 is 0.704 bits per heavy atom. The fourth-order valence-electron chi connectivity index (χ4n) is 6.35. The molecule has 0 aliphatic carbocycles. The maximum atomic E-state index is 10.9. The lowest BCUT2D eigenvalue weighted by Crippen LogP contribution is -2.24. The normalized spacial score (nSPS) is 17.5. The van der Waals surface area contributed by atoms with Crippen molar-refractivity contribution in [3.63, 3.8) is 0 Å². The largest absolute Gasteiger partial charge is 0.442 e. The molecule has 3 unspecified atom stereocenters. The minimum atomic E-state index is -0.989. The topological polar surface area (TPSA) is 93.2 Å². The van der Waals surface area contributed by atoms with E-state index in [4.69, 9.17) is 23.7 Å². The Hall–Kier alpha value is -1.52. The molecule has 1 rings (SSSR count). The molecule has 0 aromatic rings. The van der Waals surface area contributed by atoms with Gasteiger partial charge in [0, 0.05) is 12.8 Å². The van der Waals surface area contributed by atoms with Gasteiger partial charge in [0.15, 0.2) is 12.6 Å². The minimum absolute atomic E-state index is 0.376. The van der Waals surface area contributed by atoms with Gasteiger partial charge in [-0.05, 0) is 110 Å². The zero-order chi connectivity index (χ0) is 39.4. The summed E-state index contributed by atoms with van der Waals surface area (Å²) in [6, 6.07) is 0. The van der Waals surface area contributed by atoms with Gasteiger partial charge < -0.3 is 38.8 Å². The predicted molar refractivity (Wildman–Crippen MR) is 225 cm³/mol. The average molecular weight is 764 g/mol. The average Bonchev–Trinajstić information content (AvgIpc) is 3.92. The third-order valence-electron chi connectivity index (χ3n) is 9.78. The van der Waals surface area contributed by atoms with Crippen LogP contribution in [0.1, 0.15) is 181 Å². The maximum absolute atomic E-state index is 10.9.